The van der Waals surface area contributed by atoms with Crippen LogP contribution in [0, 0.1) is 6.92 Å². The Labute approximate surface area is 125 Å². The fourth-order valence-electron chi connectivity index (χ4n) is 1.81. The van der Waals surface area contributed by atoms with E-state index >= 15 is 0 Å². The number of benzene rings is 2. The Bertz CT molecular complexity index is 656. The molecule has 1 amide bonds. The molecule has 0 fully saturated rings. The van der Waals surface area contributed by atoms with Gasteiger partial charge in [0.05, 0.1) is 11.6 Å². The van der Waals surface area contributed by atoms with E-state index in [0.717, 1.165) is 4.47 Å². The lowest BCUT2D eigenvalue weighted by atomic mass is 10.1. The number of carbonyl (C=O) groups excluding carboxylic acids is 1. The molecule has 0 unspecified atom stereocenters. The number of ether oxygens (including phenoxy) is 1. The van der Waals surface area contributed by atoms with Crippen molar-refractivity contribution >= 4 is 27.5 Å². The highest BCUT2D eigenvalue weighted by molar-refractivity contribution is 9.10. The predicted molar refractivity (Wildman–Crippen MR) is 81.5 cm³/mol. The number of carbonyl (C=O) groups is 1. The van der Waals surface area contributed by atoms with Gasteiger partial charge in [0, 0.05) is 22.9 Å². The fourth-order valence-corrected chi connectivity index (χ4v) is 2.21. The number of phenols is 1. The van der Waals surface area contributed by atoms with E-state index in [0.29, 0.717) is 22.6 Å². The average Bonchev–Trinajstić information content (AvgIpc) is 2.43. The van der Waals surface area contributed by atoms with Crippen molar-refractivity contribution in [3.05, 3.63) is 52.0 Å². The lowest BCUT2D eigenvalue weighted by Crippen LogP contribution is -2.13. The highest BCUT2D eigenvalue weighted by atomic mass is 79.9. The van der Waals surface area contributed by atoms with E-state index in [-0.39, 0.29) is 11.7 Å². The number of methoxy groups -OCH3 is 1. The predicted octanol–water partition coefficient (Wildman–Crippen LogP) is 3.72. The number of phenolic OH excluding ortho intramolecular Hbond substituents is 1. The molecule has 0 bridgehead atoms. The summed E-state index contributed by atoms with van der Waals surface area (Å²) in [5.41, 5.74) is 1.61. The monoisotopic (exact) mass is 335 g/mol. The van der Waals surface area contributed by atoms with Crippen molar-refractivity contribution < 1.29 is 14.6 Å². The molecule has 20 heavy (non-hydrogen) atoms. The molecule has 2 N–H and O–H groups in total. The standard InChI is InChI=1S/C15H14BrNO3/c1-9-11(4-3-5-13(9)18)15(19)17-10-6-7-12(16)14(8-10)20-2/h3-8,18H,1-2H3,(H,17,19). The minimum absolute atomic E-state index is 0.103. The van der Waals surface area contributed by atoms with Crippen LogP contribution in [0.25, 0.3) is 0 Å². The first-order valence-electron chi connectivity index (χ1n) is 5.96. The molecule has 2 aromatic carbocycles. The van der Waals surface area contributed by atoms with Crippen LogP contribution in [-0.2, 0) is 0 Å². The molecular weight excluding hydrogens is 322 g/mol. The summed E-state index contributed by atoms with van der Waals surface area (Å²) in [5.74, 6) is 0.462. The van der Waals surface area contributed by atoms with Crippen LogP contribution >= 0.6 is 15.9 Å². The van der Waals surface area contributed by atoms with Crippen molar-refractivity contribution in [1.29, 1.82) is 0 Å². The largest absolute Gasteiger partial charge is 0.508 e. The number of aromatic hydroxyl groups is 1. The number of anilines is 1. The summed E-state index contributed by atoms with van der Waals surface area (Å²) in [4.78, 5) is 12.2. The van der Waals surface area contributed by atoms with Gasteiger partial charge in [0.2, 0.25) is 0 Å². The molecule has 0 atom stereocenters. The molecule has 4 nitrogen and oxygen atoms in total. The number of rotatable bonds is 3. The Kier molecular flexibility index (Phi) is 4.29. The van der Waals surface area contributed by atoms with Gasteiger partial charge in [0.15, 0.2) is 0 Å². The van der Waals surface area contributed by atoms with E-state index in [1.165, 1.54) is 0 Å². The van der Waals surface area contributed by atoms with E-state index in [1.807, 2.05) is 0 Å². The van der Waals surface area contributed by atoms with Gasteiger partial charge in [-0.05, 0) is 47.1 Å². The third kappa shape index (κ3) is 2.93. The second-order valence-corrected chi connectivity index (χ2v) is 5.11. The summed E-state index contributed by atoms with van der Waals surface area (Å²) in [6.45, 7) is 1.70. The molecular formula is C15H14BrNO3. The molecule has 0 radical (unpaired) electrons. The van der Waals surface area contributed by atoms with Crippen LogP contribution in [-0.4, -0.2) is 18.1 Å². The molecule has 0 saturated carbocycles. The Morgan fingerprint density at radius 3 is 2.75 bits per heavy atom. The number of nitrogens with one attached hydrogen (secondary N) is 1. The first kappa shape index (κ1) is 14.4. The van der Waals surface area contributed by atoms with Gasteiger partial charge >= 0.3 is 0 Å². The SMILES string of the molecule is COc1cc(NC(=O)c2cccc(O)c2C)ccc1Br. The first-order chi connectivity index (χ1) is 9.52. The van der Waals surface area contributed by atoms with Crippen molar-refractivity contribution in [3.63, 3.8) is 0 Å². The summed E-state index contributed by atoms with van der Waals surface area (Å²) < 4.78 is 5.99. The van der Waals surface area contributed by atoms with Gasteiger partial charge < -0.3 is 15.2 Å². The van der Waals surface area contributed by atoms with E-state index in [2.05, 4.69) is 21.2 Å². The quantitative estimate of drug-likeness (QED) is 0.898. The van der Waals surface area contributed by atoms with Crippen LogP contribution in [0.15, 0.2) is 40.9 Å². The van der Waals surface area contributed by atoms with E-state index in [4.69, 9.17) is 4.74 Å². The summed E-state index contributed by atoms with van der Waals surface area (Å²) in [7, 11) is 1.56. The van der Waals surface area contributed by atoms with Gasteiger partial charge in [-0.25, -0.2) is 0 Å². The zero-order valence-corrected chi connectivity index (χ0v) is 12.7. The highest BCUT2D eigenvalue weighted by Gasteiger charge is 2.12. The fraction of sp³-hybridized carbons (Fsp3) is 0.133. The zero-order chi connectivity index (χ0) is 14.7. The molecule has 0 aliphatic carbocycles. The van der Waals surface area contributed by atoms with Crippen molar-refractivity contribution in [2.24, 2.45) is 0 Å². The lowest BCUT2D eigenvalue weighted by Gasteiger charge is -2.10. The topological polar surface area (TPSA) is 58.6 Å². The van der Waals surface area contributed by atoms with Crippen LogP contribution in [0.2, 0.25) is 0 Å². The first-order valence-corrected chi connectivity index (χ1v) is 6.75. The minimum Gasteiger partial charge on any atom is -0.508 e. The van der Waals surface area contributed by atoms with E-state index in [1.54, 1.807) is 50.4 Å². The Morgan fingerprint density at radius 1 is 1.30 bits per heavy atom. The van der Waals surface area contributed by atoms with Crippen molar-refractivity contribution in [1.82, 2.24) is 0 Å². The summed E-state index contributed by atoms with van der Waals surface area (Å²) in [5, 5.41) is 12.4. The molecule has 0 heterocycles. The summed E-state index contributed by atoms with van der Waals surface area (Å²) in [6.07, 6.45) is 0. The number of amides is 1. The second-order valence-electron chi connectivity index (χ2n) is 4.25. The van der Waals surface area contributed by atoms with Gasteiger partial charge in [-0.3, -0.25) is 4.79 Å². The number of hydrogen-bond acceptors (Lipinski definition) is 3. The molecule has 0 spiro atoms. The second kappa shape index (κ2) is 5.96. The van der Waals surface area contributed by atoms with Gasteiger partial charge in [-0.1, -0.05) is 6.07 Å². The molecule has 104 valence electrons. The van der Waals surface area contributed by atoms with Gasteiger partial charge in [-0.15, -0.1) is 0 Å². The maximum atomic E-state index is 12.2. The lowest BCUT2D eigenvalue weighted by molar-refractivity contribution is 0.102. The third-order valence-corrected chi connectivity index (χ3v) is 3.61. The molecule has 0 aromatic heterocycles. The smallest absolute Gasteiger partial charge is 0.256 e. The Morgan fingerprint density at radius 2 is 2.05 bits per heavy atom. The Balaban J connectivity index is 2.26. The molecule has 0 aliphatic heterocycles. The summed E-state index contributed by atoms with van der Waals surface area (Å²) >= 11 is 3.35. The van der Waals surface area contributed by atoms with E-state index in [9.17, 15) is 9.90 Å². The van der Waals surface area contributed by atoms with Crippen LogP contribution in [0.3, 0.4) is 0 Å². The zero-order valence-electron chi connectivity index (χ0n) is 11.1. The van der Waals surface area contributed by atoms with Crippen LogP contribution in [0.5, 0.6) is 11.5 Å². The average molecular weight is 336 g/mol. The van der Waals surface area contributed by atoms with E-state index < -0.39 is 0 Å². The molecule has 0 aliphatic rings. The number of halogens is 1. The maximum absolute atomic E-state index is 12.2. The van der Waals surface area contributed by atoms with Crippen LogP contribution < -0.4 is 10.1 Å². The third-order valence-electron chi connectivity index (χ3n) is 2.96. The van der Waals surface area contributed by atoms with Gasteiger partial charge in [0.1, 0.15) is 11.5 Å². The van der Waals surface area contributed by atoms with Crippen molar-refractivity contribution in [2.75, 3.05) is 12.4 Å². The number of hydrogen-bond donors (Lipinski definition) is 2. The molecule has 5 heteroatoms. The van der Waals surface area contributed by atoms with Crippen LogP contribution in [0.4, 0.5) is 5.69 Å². The van der Waals surface area contributed by atoms with Gasteiger partial charge in [-0.2, -0.15) is 0 Å². The van der Waals surface area contributed by atoms with Crippen molar-refractivity contribution in [2.45, 2.75) is 6.92 Å². The molecule has 2 rings (SSSR count). The van der Waals surface area contributed by atoms with Crippen molar-refractivity contribution in [3.8, 4) is 11.5 Å². The summed E-state index contributed by atoms with van der Waals surface area (Å²) in [6, 6.07) is 10.1. The van der Waals surface area contributed by atoms with Crippen LogP contribution in [0.1, 0.15) is 15.9 Å². The minimum atomic E-state index is -0.275. The normalized spacial score (nSPS) is 10.2. The maximum Gasteiger partial charge on any atom is 0.256 e. The Hall–Kier alpha value is -2.01. The molecule has 0 saturated heterocycles. The van der Waals surface area contributed by atoms with Gasteiger partial charge in [0.25, 0.3) is 5.91 Å². The highest BCUT2D eigenvalue weighted by Crippen LogP contribution is 2.28. The molecule has 2 aromatic rings.